The van der Waals surface area contributed by atoms with E-state index in [0.717, 1.165) is 0 Å². The van der Waals surface area contributed by atoms with Crippen LogP contribution in [0.25, 0.3) is 0 Å². The van der Waals surface area contributed by atoms with Crippen LogP contribution in [0.4, 0.5) is 4.79 Å². The molecule has 1 heterocycles. The average Bonchev–Trinajstić information content (AvgIpc) is 2.48. The van der Waals surface area contributed by atoms with Crippen LogP contribution in [0.5, 0.6) is 0 Å². The van der Waals surface area contributed by atoms with Crippen LogP contribution in [0, 0.1) is 0 Å². The third kappa shape index (κ3) is 5.36. The number of carbonyl (C=O) groups is 2. The molecule has 7 heteroatoms. The maximum absolute atomic E-state index is 12.1. The Balaban J connectivity index is 1.88. The molecule has 0 bridgehead atoms. The fourth-order valence-electron chi connectivity index (χ4n) is 2.77. The molecule has 1 aliphatic heterocycles. The Bertz CT molecular complexity index is 624. The Morgan fingerprint density at radius 1 is 1.38 bits per heavy atom. The second-order valence-corrected chi connectivity index (χ2v) is 7.52. The van der Waals surface area contributed by atoms with Gasteiger partial charge >= 0.3 is 12.1 Å². The maximum Gasteiger partial charge on any atom is 0.410 e. The van der Waals surface area contributed by atoms with Gasteiger partial charge < -0.3 is 24.2 Å². The van der Waals surface area contributed by atoms with Crippen molar-refractivity contribution in [3.63, 3.8) is 0 Å². The van der Waals surface area contributed by atoms with Gasteiger partial charge in [0.25, 0.3) is 0 Å². The number of ether oxygens (including phenoxy) is 3. The van der Waals surface area contributed by atoms with E-state index in [1.807, 2.05) is 20.8 Å². The normalized spacial score (nSPS) is 27.0. The molecule has 0 aromatic rings. The van der Waals surface area contributed by atoms with Gasteiger partial charge in [0.05, 0.1) is 12.2 Å². The number of nitrogens with zero attached hydrogens (tertiary/aromatic N) is 1. The zero-order valence-electron chi connectivity index (χ0n) is 15.7. The summed E-state index contributed by atoms with van der Waals surface area (Å²) in [6, 6.07) is 0.0563. The summed E-state index contributed by atoms with van der Waals surface area (Å²) in [5.74, 6) is -0.771. The van der Waals surface area contributed by atoms with Crippen molar-refractivity contribution in [3.8, 4) is 0 Å². The van der Waals surface area contributed by atoms with E-state index in [-0.39, 0.29) is 30.1 Å². The molecule has 2 rings (SSSR count). The van der Waals surface area contributed by atoms with Crippen LogP contribution in [-0.2, 0) is 19.0 Å². The monoisotopic (exact) mass is 365 g/mol. The van der Waals surface area contributed by atoms with Crippen LogP contribution < -0.4 is 0 Å². The number of hydrogen-bond acceptors (Lipinski definition) is 5. The number of aliphatic carboxylic acids is 1. The number of allylic oxidation sites excluding steroid dienone is 2. The number of carbonyl (C=O) groups excluding carboxylic acids is 1. The van der Waals surface area contributed by atoms with E-state index < -0.39 is 11.6 Å². The highest BCUT2D eigenvalue weighted by Gasteiger charge is 2.38. The molecule has 0 aromatic heterocycles. The Labute approximate surface area is 153 Å². The van der Waals surface area contributed by atoms with Crippen molar-refractivity contribution in [2.45, 2.75) is 63.9 Å². The van der Waals surface area contributed by atoms with Crippen molar-refractivity contribution >= 4 is 12.1 Å². The Hall–Kier alpha value is -2.28. The molecule has 144 valence electrons. The summed E-state index contributed by atoms with van der Waals surface area (Å²) in [6.07, 6.45) is 5.71. The largest absolute Gasteiger partial charge is 0.475 e. The van der Waals surface area contributed by atoms with Crippen molar-refractivity contribution < 1.29 is 28.9 Å². The van der Waals surface area contributed by atoms with E-state index in [9.17, 15) is 9.59 Å². The molecule has 0 spiro atoms. The fourth-order valence-corrected chi connectivity index (χ4v) is 2.77. The first-order chi connectivity index (χ1) is 12.1. The van der Waals surface area contributed by atoms with Crippen molar-refractivity contribution in [1.29, 1.82) is 0 Å². The van der Waals surface area contributed by atoms with Gasteiger partial charge in [-0.15, -0.1) is 0 Å². The molecule has 1 fully saturated rings. The summed E-state index contributed by atoms with van der Waals surface area (Å²) in [4.78, 5) is 24.9. The second-order valence-electron chi connectivity index (χ2n) is 7.52. The van der Waals surface area contributed by atoms with Gasteiger partial charge in [-0.25, -0.2) is 9.59 Å². The highest BCUT2D eigenvalue weighted by atomic mass is 16.6. The van der Waals surface area contributed by atoms with E-state index in [1.165, 1.54) is 6.08 Å². The third-order valence-electron chi connectivity index (χ3n) is 4.16. The minimum atomic E-state index is -1.13. The average molecular weight is 365 g/mol. The van der Waals surface area contributed by atoms with Gasteiger partial charge in [0.15, 0.2) is 0 Å². The molecule has 1 atom stereocenters. The SMILES string of the molecule is C=C/C=C1\CC(O[C@H]2C[C@@H](N(C)C(=O)OC(C)(C)C)C2)C=C(C(=O)O)O1. The highest BCUT2D eigenvalue weighted by molar-refractivity contribution is 5.84. The lowest BCUT2D eigenvalue weighted by atomic mass is 9.88. The number of carboxylic acid groups (broad SMARTS) is 1. The molecule has 0 aromatic carbocycles. The molecular weight excluding hydrogens is 338 g/mol. The molecule has 0 saturated heterocycles. The first-order valence-corrected chi connectivity index (χ1v) is 8.65. The van der Waals surface area contributed by atoms with Crippen LogP contribution in [0.3, 0.4) is 0 Å². The van der Waals surface area contributed by atoms with Crippen molar-refractivity contribution in [2.75, 3.05) is 7.05 Å². The maximum atomic E-state index is 12.1. The van der Waals surface area contributed by atoms with E-state index in [0.29, 0.717) is 25.0 Å². The Morgan fingerprint density at radius 2 is 2.04 bits per heavy atom. The van der Waals surface area contributed by atoms with Gasteiger partial charge in [0, 0.05) is 19.5 Å². The van der Waals surface area contributed by atoms with Crippen LogP contribution >= 0.6 is 0 Å². The minimum absolute atomic E-state index is 0.0377. The second kappa shape index (κ2) is 7.95. The molecule has 1 unspecified atom stereocenters. The van der Waals surface area contributed by atoms with Crippen molar-refractivity contribution in [2.24, 2.45) is 0 Å². The molecule has 1 N–H and O–H groups in total. The molecule has 1 amide bonds. The van der Waals surface area contributed by atoms with E-state index >= 15 is 0 Å². The number of carboxylic acids is 1. The van der Waals surface area contributed by atoms with Crippen LogP contribution in [0.2, 0.25) is 0 Å². The number of hydrogen-bond donors (Lipinski definition) is 1. The van der Waals surface area contributed by atoms with Gasteiger partial charge in [0.2, 0.25) is 5.76 Å². The summed E-state index contributed by atoms with van der Waals surface area (Å²) >= 11 is 0. The van der Waals surface area contributed by atoms with Crippen LogP contribution in [0.1, 0.15) is 40.0 Å². The van der Waals surface area contributed by atoms with Gasteiger partial charge in [-0.3, -0.25) is 0 Å². The van der Waals surface area contributed by atoms with Gasteiger partial charge in [-0.1, -0.05) is 12.7 Å². The third-order valence-corrected chi connectivity index (χ3v) is 4.16. The summed E-state index contributed by atoms with van der Waals surface area (Å²) < 4.78 is 16.6. The first-order valence-electron chi connectivity index (χ1n) is 8.65. The lowest BCUT2D eigenvalue weighted by Gasteiger charge is -2.42. The van der Waals surface area contributed by atoms with E-state index in [1.54, 1.807) is 24.1 Å². The predicted molar refractivity (Wildman–Crippen MR) is 95.4 cm³/mol. The first kappa shape index (κ1) is 20.0. The quantitative estimate of drug-likeness (QED) is 0.805. The van der Waals surface area contributed by atoms with Gasteiger partial charge in [-0.2, -0.15) is 0 Å². The fraction of sp³-hybridized carbons (Fsp3) is 0.579. The van der Waals surface area contributed by atoms with Crippen molar-refractivity contribution in [1.82, 2.24) is 4.90 Å². The van der Waals surface area contributed by atoms with Crippen molar-refractivity contribution in [3.05, 3.63) is 36.3 Å². The smallest absolute Gasteiger partial charge is 0.410 e. The molecule has 1 aliphatic carbocycles. The standard InChI is InChI=1S/C19H27NO6/c1-6-7-13-10-15(11-16(25-13)17(21)22)24-14-8-12(9-14)20(5)18(23)26-19(2,3)4/h6-7,11-12,14-15H,1,8-10H2,2-5H3,(H,21,22)/b13-7+/t12-,14+,15?. The zero-order valence-corrected chi connectivity index (χ0v) is 15.7. The molecule has 2 aliphatic rings. The zero-order chi connectivity index (χ0) is 19.5. The predicted octanol–water partition coefficient (Wildman–Crippen LogP) is 3.23. The number of amides is 1. The van der Waals surface area contributed by atoms with Crippen LogP contribution in [0.15, 0.2) is 36.3 Å². The van der Waals surface area contributed by atoms with Gasteiger partial charge in [-0.05, 0) is 45.8 Å². The topological polar surface area (TPSA) is 85.3 Å². The summed E-state index contributed by atoms with van der Waals surface area (Å²) in [7, 11) is 1.72. The molecular formula is C19H27NO6. The van der Waals surface area contributed by atoms with Crippen LogP contribution in [-0.4, -0.2) is 53.0 Å². The lowest BCUT2D eigenvalue weighted by Crippen LogP contribution is -2.50. The molecule has 7 nitrogen and oxygen atoms in total. The van der Waals surface area contributed by atoms with Gasteiger partial charge in [0.1, 0.15) is 11.4 Å². The summed E-state index contributed by atoms with van der Waals surface area (Å²) in [5, 5.41) is 9.16. The molecule has 1 saturated carbocycles. The minimum Gasteiger partial charge on any atom is -0.475 e. The van der Waals surface area contributed by atoms with E-state index in [4.69, 9.17) is 19.3 Å². The highest BCUT2D eigenvalue weighted by Crippen LogP contribution is 2.32. The number of rotatable bonds is 5. The summed E-state index contributed by atoms with van der Waals surface area (Å²) in [6.45, 7) is 9.09. The molecule has 26 heavy (non-hydrogen) atoms. The summed E-state index contributed by atoms with van der Waals surface area (Å²) in [5.41, 5.74) is -0.529. The Kier molecular flexibility index (Phi) is 6.13. The Morgan fingerprint density at radius 3 is 2.58 bits per heavy atom. The lowest BCUT2D eigenvalue weighted by molar-refractivity contribution is -0.137. The van der Waals surface area contributed by atoms with E-state index in [2.05, 4.69) is 6.58 Å². The molecule has 0 radical (unpaired) electrons.